The lowest BCUT2D eigenvalue weighted by Gasteiger charge is -2.32. The van der Waals surface area contributed by atoms with Crippen LogP contribution in [0.4, 0.5) is 11.4 Å². The monoisotopic (exact) mass is 339 g/mol. The average molecular weight is 339 g/mol. The van der Waals surface area contributed by atoms with Crippen LogP contribution in [0.2, 0.25) is 0 Å². The molecule has 128 valence electrons. The van der Waals surface area contributed by atoms with Gasteiger partial charge in [0.2, 0.25) is 0 Å². The highest BCUT2D eigenvalue weighted by atomic mass is 16.6. The summed E-state index contributed by atoms with van der Waals surface area (Å²) in [7, 11) is 3.35. The van der Waals surface area contributed by atoms with E-state index in [0.29, 0.717) is 22.6 Å². The Labute approximate surface area is 144 Å². The van der Waals surface area contributed by atoms with E-state index in [1.165, 1.54) is 6.07 Å². The molecule has 0 saturated heterocycles. The van der Waals surface area contributed by atoms with Gasteiger partial charge in [-0.25, -0.2) is 0 Å². The number of nitrogens with zero attached hydrogens (tertiary/aromatic N) is 2. The summed E-state index contributed by atoms with van der Waals surface area (Å²) in [5.74, 6) is 0.436. The number of anilines is 1. The van der Waals surface area contributed by atoms with Gasteiger partial charge in [0.25, 0.3) is 11.6 Å². The fourth-order valence-corrected chi connectivity index (χ4v) is 2.75. The minimum atomic E-state index is -0.409. The number of ether oxygens (including phenoxy) is 1. The maximum atomic E-state index is 12.4. The highest BCUT2D eigenvalue weighted by Crippen LogP contribution is 2.33. The molecule has 1 heterocycles. The second-order valence-corrected chi connectivity index (χ2v) is 5.58. The van der Waals surface area contributed by atoms with Crippen LogP contribution in [0.25, 0.3) is 6.08 Å². The average Bonchev–Trinajstić information content (AvgIpc) is 2.63. The van der Waals surface area contributed by atoms with E-state index in [2.05, 4.69) is 5.32 Å². The Balaban J connectivity index is 1.81. The summed E-state index contributed by atoms with van der Waals surface area (Å²) in [5, 5.41) is 14.1. The second kappa shape index (κ2) is 6.64. The number of fused-ring (bicyclic) bond motifs is 1. The van der Waals surface area contributed by atoms with E-state index in [9.17, 15) is 14.9 Å². The summed E-state index contributed by atoms with van der Waals surface area (Å²) in [5.41, 5.74) is 1.77. The van der Waals surface area contributed by atoms with Crippen molar-refractivity contribution in [3.05, 3.63) is 69.8 Å². The number of nitro groups is 1. The first kappa shape index (κ1) is 16.5. The number of amides is 1. The normalized spacial score (nSPS) is 15.4. The van der Waals surface area contributed by atoms with Crippen LogP contribution in [0.5, 0.6) is 5.75 Å². The standard InChI is InChI=1S/C18H17N3O4/c1-20-15-4-3-5-16(21(23)24)14(15)10-11-17(20)19-18(22)12-6-8-13(25-2)9-7-12/h3-11,17H,1-2H3,(H,19,22). The summed E-state index contributed by atoms with van der Waals surface area (Å²) in [4.78, 5) is 25.0. The number of hydrogen-bond donors (Lipinski definition) is 1. The third kappa shape index (κ3) is 3.16. The maximum Gasteiger partial charge on any atom is 0.278 e. The van der Waals surface area contributed by atoms with Gasteiger partial charge < -0.3 is 15.0 Å². The molecule has 3 rings (SSSR count). The molecule has 2 aromatic rings. The Hall–Kier alpha value is -3.35. The lowest BCUT2D eigenvalue weighted by Crippen LogP contribution is -2.46. The fourth-order valence-electron chi connectivity index (χ4n) is 2.75. The maximum absolute atomic E-state index is 12.4. The molecule has 1 atom stereocenters. The van der Waals surface area contributed by atoms with E-state index in [1.807, 2.05) is 0 Å². The van der Waals surface area contributed by atoms with Crippen molar-refractivity contribution < 1.29 is 14.5 Å². The number of benzene rings is 2. The highest BCUT2D eigenvalue weighted by molar-refractivity contribution is 5.95. The summed E-state index contributed by atoms with van der Waals surface area (Å²) >= 11 is 0. The van der Waals surface area contributed by atoms with Crippen LogP contribution >= 0.6 is 0 Å². The predicted molar refractivity (Wildman–Crippen MR) is 94.8 cm³/mol. The number of carbonyl (C=O) groups is 1. The molecule has 7 heteroatoms. The molecule has 0 aliphatic carbocycles. The van der Waals surface area contributed by atoms with Crippen molar-refractivity contribution in [2.24, 2.45) is 0 Å². The van der Waals surface area contributed by atoms with Crippen molar-refractivity contribution in [2.45, 2.75) is 6.17 Å². The smallest absolute Gasteiger partial charge is 0.278 e. The van der Waals surface area contributed by atoms with E-state index >= 15 is 0 Å². The summed E-state index contributed by atoms with van der Waals surface area (Å²) in [6, 6.07) is 11.7. The van der Waals surface area contributed by atoms with Crippen LogP contribution < -0.4 is 15.0 Å². The van der Waals surface area contributed by atoms with Crippen LogP contribution in [0.15, 0.2) is 48.5 Å². The number of nitrogens with one attached hydrogen (secondary N) is 1. The third-order valence-corrected chi connectivity index (χ3v) is 4.13. The molecule has 0 radical (unpaired) electrons. The zero-order valence-corrected chi connectivity index (χ0v) is 13.8. The SMILES string of the molecule is COc1ccc(C(=O)NC2C=Cc3c(cccc3[N+](=O)[O-])N2C)cc1. The highest BCUT2D eigenvalue weighted by Gasteiger charge is 2.26. The number of rotatable bonds is 4. The summed E-state index contributed by atoms with van der Waals surface area (Å²) in [6.07, 6.45) is 3.01. The first-order valence-corrected chi connectivity index (χ1v) is 7.64. The fraction of sp³-hybridized carbons (Fsp3) is 0.167. The van der Waals surface area contributed by atoms with Crippen molar-refractivity contribution >= 4 is 23.4 Å². The van der Waals surface area contributed by atoms with Crippen LogP contribution in [-0.2, 0) is 0 Å². The first-order valence-electron chi connectivity index (χ1n) is 7.64. The molecular formula is C18H17N3O4. The van der Waals surface area contributed by atoms with Gasteiger partial charge in [-0.3, -0.25) is 14.9 Å². The first-order chi connectivity index (χ1) is 12.0. The molecule has 1 aliphatic rings. The summed E-state index contributed by atoms with van der Waals surface area (Å²) in [6.45, 7) is 0. The quantitative estimate of drug-likeness (QED) is 0.684. The molecule has 1 unspecified atom stereocenters. The van der Waals surface area contributed by atoms with Crippen LogP contribution in [0.3, 0.4) is 0 Å². The van der Waals surface area contributed by atoms with Gasteiger partial charge in [-0.15, -0.1) is 0 Å². The van der Waals surface area contributed by atoms with Crippen molar-refractivity contribution in [1.82, 2.24) is 5.32 Å². The number of likely N-dealkylation sites (N-methyl/N-ethyl adjacent to an activating group) is 1. The molecule has 0 saturated carbocycles. The van der Waals surface area contributed by atoms with Gasteiger partial charge in [-0.1, -0.05) is 6.07 Å². The minimum Gasteiger partial charge on any atom is -0.497 e. The number of carbonyl (C=O) groups excluding carboxylic acids is 1. The third-order valence-electron chi connectivity index (χ3n) is 4.13. The minimum absolute atomic E-state index is 0.0422. The van der Waals surface area contributed by atoms with Gasteiger partial charge in [-0.05, 0) is 42.5 Å². The lowest BCUT2D eigenvalue weighted by atomic mass is 10.0. The number of hydrogen-bond acceptors (Lipinski definition) is 5. The van der Waals surface area contributed by atoms with Crippen molar-refractivity contribution in [1.29, 1.82) is 0 Å². The molecule has 1 aliphatic heterocycles. The number of methoxy groups -OCH3 is 1. The van der Waals surface area contributed by atoms with Crippen LogP contribution in [-0.4, -0.2) is 31.2 Å². The number of nitro benzene ring substituents is 1. The van der Waals surface area contributed by atoms with Crippen LogP contribution in [0.1, 0.15) is 15.9 Å². The molecule has 25 heavy (non-hydrogen) atoms. The van der Waals surface area contributed by atoms with Gasteiger partial charge in [0.1, 0.15) is 11.9 Å². The zero-order chi connectivity index (χ0) is 18.0. The molecule has 1 N–H and O–H groups in total. The topological polar surface area (TPSA) is 84.7 Å². The van der Waals surface area contributed by atoms with Crippen molar-refractivity contribution in [3.8, 4) is 5.75 Å². The van der Waals surface area contributed by atoms with Crippen molar-refractivity contribution in [3.63, 3.8) is 0 Å². The Morgan fingerprint density at radius 1 is 1.24 bits per heavy atom. The Bertz CT molecular complexity index is 846. The second-order valence-electron chi connectivity index (χ2n) is 5.58. The predicted octanol–water partition coefficient (Wildman–Crippen LogP) is 2.82. The van der Waals surface area contributed by atoms with Crippen LogP contribution in [0, 0.1) is 10.1 Å². The summed E-state index contributed by atoms with van der Waals surface area (Å²) < 4.78 is 5.08. The van der Waals surface area contributed by atoms with E-state index in [1.54, 1.807) is 67.6 Å². The molecular weight excluding hydrogens is 322 g/mol. The van der Waals surface area contributed by atoms with Crippen molar-refractivity contribution in [2.75, 3.05) is 19.1 Å². The molecule has 1 amide bonds. The van der Waals surface area contributed by atoms with Gasteiger partial charge in [0, 0.05) is 18.7 Å². The molecule has 0 spiro atoms. The largest absolute Gasteiger partial charge is 0.497 e. The lowest BCUT2D eigenvalue weighted by molar-refractivity contribution is -0.385. The molecule has 0 bridgehead atoms. The molecule has 2 aromatic carbocycles. The van der Waals surface area contributed by atoms with E-state index in [4.69, 9.17) is 4.74 Å². The Kier molecular flexibility index (Phi) is 4.38. The zero-order valence-electron chi connectivity index (χ0n) is 13.8. The Morgan fingerprint density at radius 2 is 1.96 bits per heavy atom. The van der Waals surface area contributed by atoms with Gasteiger partial charge in [0.05, 0.1) is 23.3 Å². The Morgan fingerprint density at radius 3 is 2.60 bits per heavy atom. The molecule has 0 fully saturated rings. The van der Waals surface area contributed by atoms with E-state index in [0.717, 1.165) is 0 Å². The van der Waals surface area contributed by atoms with Gasteiger partial charge in [0.15, 0.2) is 0 Å². The van der Waals surface area contributed by atoms with E-state index in [-0.39, 0.29) is 11.6 Å². The molecule has 7 nitrogen and oxygen atoms in total. The van der Waals surface area contributed by atoms with Gasteiger partial charge >= 0.3 is 0 Å². The molecule has 0 aromatic heterocycles. The van der Waals surface area contributed by atoms with E-state index < -0.39 is 11.1 Å². The van der Waals surface area contributed by atoms with Gasteiger partial charge in [-0.2, -0.15) is 0 Å².